The summed E-state index contributed by atoms with van der Waals surface area (Å²) in [6.45, 7) is 1.74. The first-order valence-corrected chi connectivity index (χ1v) is 13.3. The van der Waals surface area contributed by atoms with E-state index in [4.69, 9.17) is 9.84 Å². The molecule has 1 amide bonds. The molecule has 3 aromatic rings. The summed E-state index contributed by atoms with van der Waals surface area (Å²) in [5.74, 6) is -1.82. The van der Waals surface area contributed by atoms with Gasteiger partial charge in [-0.2, -0.15) is 0 Å². The average Bonchev–Trinajstić information content (AvgIpc) is 3.23. The maximum Gasteiger partial charge on any atom is 0.349 e. The molecule has 0 unspecified atom stereocenters. The Hall–Kier alpha value is -3.65. The Morgan fingerprint density at radius 1 is 1.00 bits per heavy atom. The number of hydrogen-bond acceptors (Lipinski definition) is 5. The SMILES string of the molecule is Cc1c(-c2cccc(N(CC3CCCCC3)C(=O)Cc3ccccc3)c2)sc(C(=O)O)c1OCC(=O)O. The summed E-state index contributed by atoms with van der Waals surface area (Å²) in [6.07, 6.45) is 6.09. The molecule has 2 N–H and O–H groups in total. The zero-order chi connectivity index (χ0) is 26.4. The van der Waals surface area contributed by atoms with Crippen LogP contribution in [0.5, 0.6) is 5.75 Å². The van der Waals surface area contributed by atoms with E-state index in [2.05, 4.69) is 0 Å². The fourth-order valence-corrected chi connectivity index (χ4v) is 5.97. The summed E-state index contributed by atoms with van der Waals surface area (Å²) in [5.41, 5.74) is 3.04. The van der Waals surface area contributed by atoms with Gasteiger partial charge in [-0.25, -0.2) is 9.59 Å². The quantitative estimate of drug-likeness (QED) is 0.337. The third kappa shape index (κ3) is 6.57. The number of nitrogens with zero attached hydrogens (tertiary/aromatic N) is 1. The van der Waals surface area contributed by atoms with Gasteiger partial charge in [-0.3, -0.25) is 4.79 Å². The van der Waals surface area contributed by atoms with E-state index in [1.807, 2.05) is 59.5 Å². The molecule has 0 bridgehead atoms. The number of thiophene rings is 1. The normalized spacial score (nSPS) is 13.8. The van der Waals surface area contributed by atoms with E-state index in [-0.39, 0.29) is 16.5 Å². The highest BCUT2D eigenvalue weighted by Gasteiger charge is 2.26. The summed E-state index contributed by atoms with van der Waals surface area (Å²) in [4.78, 5) is 38.9. The number of carbonyl (C=O) groups excluding carboxylic acids is 1. The molecule has 0 radical (unpaired) electrons. The van der Waals surface area contributed by atoms with Gasteiger partial charge in [-0.15, -0.1) is 11.3 Å². The van der Waals surface area contributed by atoms with Gasteiger partial charge in [0.25, 0.3) is 0 Å². The van der Waals surface area contributed by atoms with Crippen molar-refractivity contribution in [2.75, 3.05) is 18.1 Å². The number of amides is 1. The molecule has 194 valence electrons. The summed E-state index contributed by atoms with van der Waals surface area (Å²) in [5, 5.41) is 18.7. The molecule has 0 aliphatic heterocycles. The van der Waals surface area contributed by atoms with Crippen molar-refractivity contribution >= 4 is 34.9 Å². The van der Waals surface area contributed by atoms with E-state index in [1.165, 1.54) is 19.3 Å². The van der Waals surface area contributed by atoms with Gasteiger partial charge >= 0.3 is 11.9 Å². The van der Waals surface area contributed by atoms with Crippen LogP contribution in [0.3, 0.4) is 0 Å². The first-order chi connectivity index (χ1) is 17.8. The molecule has 1 aliphatic rings. The lowest BCUT2D eigenvalue weighted by Gasteiger charge is -2.30. The minimum atomic E-state index is -1.18. The van der Waals surface area contributed by atoms with Gasteiger partial charge in [0.2, 0.25) is 5.91 Å². The second-order valence-electron chi connectivity index (χ2n) is 9.42. The van der Waals surface area contributed by atoms with Crippen LogP contribution in [0.15, 0.2) is 54.6 Å². The van der Waals surface area contributed by atoms with Gasteiger partial charge in [0.15, 0.2) is 11.5 Å². The van der Waals surface area contributed by atoms with Crippen LogP contribution in [0.4, 0.5) is 5.69 Å². The lowest BCUT2D eigenvalue weighted by atomic mass is 9.88. The van der Waals surface area contributed by atoms with E-state index in [9.17, 15) is 19.5 Å². The van der Waals surface area contributed by atoms with Crippen LogP contribution in [0.25, 0.3) is 10.4 Å². The Morgan fingerprint density at radius 3 is 2.41 bits per heavy atom. The first-order valence-electron chi connectivity index (χ1n) is 12.5. The number of rotatable bonds is 10. The van der Waals surface area contributed by atoms with Crippen molar-refractivity contribution in [3.8, 4) is 16.2 Å². The van der Waals surface area contributed by atoms with Crippen LogP contribution in [-0.4, -0.2) is 41.2 Å². The van der Waals surface area contributed by atoms with Crippen LogP contribution in [0, 0.1) is 12.8 Å². The van der Waals surface area contributed by atoms with Gasteiger partial charge in [0.1, 0.15) is 5.75 Å². The molecule has 1 aliphatic carbocycles. The lowest BCUT2D eigenvalue weighted by Crippen LogP contribution is -2.37. The fourth-order valence-electron chi connectivity index (χ4n) is 4.88. The molecule has 2 aromatic carbocycles. The highest BCUT2D eigenvalue weighted by atomic mass is 32.1. The smallest absolute Gasteiger partial charge is 0.349 e. The summed E-state index contributed by atoms with van der Waals surface area (Å²) >= 11 is 1.05. The molecule has 8 heteroatoms. The van der Waals surface area contributed by atoms with Crippen molar-refractivity contribution in [2.45, 2.75) is 45.4 Å². The second-order valence-corrected chi connectivity index (χ2v) is 10.4. The zero-order valence-electron chi connectivity index (χ0n) is 20.8. The van der Waals surface area contributed by atoms with Crippen molar-refractivity contribution in [1.82, 2.24) is 0 Å². The molecule has 0 spiro atoms. The third-order valence-corrected chi connectivity index (χ3v) is 8.02. The standard InChI is InChI=1S/C29H31NO6S/c1-19-26(36-18-25(32)33)28(29(34)35)37-27(19)22-13-8-14-23(16-22)30(17-21-11-6-3-7-12-21)24(31)15-20-9-4-2-5-10-20/h2,4-5,8-10,13-14,16,21H,3,6-7,11-12,15,17-18H2,1H3,(H,32,33)(H,34,35). The van der Waals surface area contributed by atoms with E-state index in [0.717, 1.165) is 41.0 Å². The number of benzene rings is 2. The number of carboxylic acid groups (broad SMARTS) is 2. The predicted octanol–water partition coefficient (Wildman–Crippen LogP) is 6.04. The summed E-state index contributed by atoms with van der Waals surface area (Å²) < 4.78 is 5.34. The van der Waals surface area contributed by atoms with Gasteiger partial charge in [-0.05, 0) is 48.9 Å². The van der Waals surface area contributed by atoms with Crippen molar-refractivity contribution in [3.63, 3.8) is 0 Å². The maximum atomic E-state index is 13.6. The number of ether oxygens (including phenoxy) is 1. The van der Waals surface area contributed by atoms with Gasteiger partial charge < -0.3 is 19.8 Å². The van der Waals surface area contributed by atoms with Crippen LogP contribution in [-0.2, 0) is 16.0 Å². The van der Waals surface area contributed by atoms with Crippen LogP contribution >= 0.6 is 11.3 Å². The monoisotopic (exact) mass is 521 g/mol. The van der Waals surface area contributed by atoms with Crippen LogP contribution in [0.2, 0.25) is 0 Å². The molecular formula is C29H31NO6S. The molecule has 1 fully saturated rings. The minimum Gasteiger partial charge on any atom is -0.480 e. The van der Waals surface area contributed by atoms with Crippen molar-refractivity contribution in [1.29, 1.82) is 0 Å². The fraction of sp³-hybridized carbons (Fsp3) is 0.345. The number of carbonyl (C=O) groups is 3. The minimum absolute atomic E-state index is 0.0218. The number of aromatic carboxylic acids is 1. The average molecular weight is 522 g/mol. The molecule has 0 saturated heterocycles. The van der Waals surface area contributed by atoms with Crippen molar-refractivity contribution in [3.05, 3.63) is 70.6 Å². The largest absolute Gasteiger partial charge is 0.480 e. The number of anilines is 1. The Balaban J connectivity index is 1.68. The molecule has 1 aromatic heterocycles. The predicted molar refractivity (Wildman–Crippen MR) is 144 cm³/mol. The first kappa shape index (κ1) is 26.4. The number of aliphatic carboxylic acids is 1. The topological polar surface area (TPSA) is 104 Å². The highest BCUT2D eigenvalue weighted by molar-refractivity contribution is 7.18. The van der Waals surface area contributed by atoms with E-state index in [0.29, 0.717) is 29.3 Å². The van der Waals surface area contributed by atoms with E-state index in [1.54, 1.807) is 6.92 Å². The van der Waals surface area contributed by atoms with Crippen LogP contribution < -0.4 is 9.64 Å². The molecule has 1 heterocycles. The summed E-state index contributed by atoms with van der Waals surface area (Å²) in [7, 11) is 0. The third-order valence-electron chi connectivity index (χ3n) is 6.71. The van der Waals surface area contributed by atoms with Crippen molar-refractivity contribution in [2.24, 2.45) is 5.92 Å². The Morgan fingerprint density at radius 2 is 1.73 bits per heavy atom. The molecular weight excluding hydrogens is 490 g/mol. The Kier molecular flexibility index (Phi) is 8.61. The lowest BCUT2D eigenvalue weighted by molar-refractivity contribution is -0.139. The molecule has 37 heavy (non-hydrogen) atoms. The number of hydrogen-bond donors (Lipinski definition) is 2. The zero-order valence-corrected chi connectivity index (χ0v) is 21.6. The second kappa shape index (κ2) is 12.1. The Bertz CT molecular complexity index is 1260. The number of carboxylic acids is 2. The van der Waals surface area contributed by atoms with Crippen molar-refractivity contribution < 1.29 is 29.3 Å². The summed E-state index contributed by atoms with van der Waals surface area (Å²) in [6, 6.07) is 17.3. The maximum absolute atomic E-state index is 13.6. The van der Waals surface area contributed by atoms with Gasteiger partial charge in [0.05, 0.1) is 6.42 Å². The van der Waals surface area contributed by atoms with Gasteiger partial charge in [0, 0.05) is 22.7 Å². The molecule has 1 saturated carbocycles. The van der Waals surface area contributed by atoms with Gasteiger partial charge in [-0.1, -0.05) is 61.7 Å². The molecule has 7 nitrogen and oxygen atoms in total. The van der Waals surface area contributed by atoms with E-state index < -0.39 is 18.5 Å². The van der Waals surface area contributed by atoms with E-state index >= 15 is 0 Å². The Labute approximate surface area is 220 Å². The van der Waals surface area contributed by atoms with Crippen LogP contribution in [0.1, 0.15) is 52.9 Å². The highest BCUT2D eigenvalue weighted by Crippen LogP contribution is 2.42. The molecule has 4 rings (SSSR count). The molecule has 0 atom stereocenters.